The summed E-state index contributed by atoms with van der Waals surface area (Å²) in [6.45, 7) is 0.686. The molecule has 0 unspecified atom stereocenters. The first-order valence-corrected chi connectivity index (χ1v) is 4.59. The molecule has 0 heterocycles. The minimum absolute atomic E-state index is 0.0718. The predicted molar refractivity (Wildman–Crippen MR) is 57.3 cm³/mol. The lowest BCUT2D eigenvalue weighted by Crippen LogP contribution is -1.90. The summed E-state index contributed by atoms with van der Waals surface area (Å²) in [5.74, 6) is 0. The Hall–Kier alpha value is -1.75. The van der Waals surface area contributed by atoms with Crippen LogP contribution in [-0.2, 0) is 0 Å². The minimum atomic E-state index is -0.438. The quantitative estimate of drug-likeness (QED) is 0.344. The smallest absolute Gasteiger partial charge is 0.269 e. The van der Waals surface area contributed by atoms with Crippen LogP contribution in [0, 0.1) is 10.1 Å². The fourth-order valence-electron chi connectivity index (χ4n) is 1.01. The molecule has 0 aliphatic carbocycles. The van der Waals surface area contributed by atoms with Crippen LogP contribution in [0.1, 0.15) is 12.0 Å². The predicted octanol–water partition coefficient (Wildman–Crippen LogP) is 1.40. The van der Waals surface area contributed by atoms with Gasteiger partial charge in [0.05, 0.1) is 4.92 Å². The van der Waals surface area contributed by atoms with Crippen molar-refractivity contribution >= 4 is 11.9 Å². The molecule has 0 atom stereocenters. The van der Waals surface area contributed by atoms with E-state index in [1.54, 1.807) is 18.3 Å². The Morgan fingerprint density at radius 2 is 2.07 bits per heavy atom. The largest absolute Gasteiger partial charge is 0.396 e. The monoisotopic (exact) mass is 208 g/mol. The molecule has 0 aliphatic heterocycles. The average Bonchev–Trinajstić information content (AvgIpc) is 2.25. The number of benzene rings is 1. The summed E-state index contributed by atoms with van der Waals surface area (Å²) in [4.78, 5) is 14.0. The lowest BCUT2D eigenvalue weighted by atomic mass is 10.2. The Morgan fingerprint density at radius 3 is 2.60 bits per heavy atom. The third kappa shape index (κ3) is 3.86. The van der Waals surface area contributed by atoms with E-state index < -0.39 is 4.92 Å². The number of hydrogen-bond acceptors (Lipinski definition) is 4. The number of aliphatic hydroxyl groups excluding tert-OH is 1. The molecule has 5 nitrogen and oxygen atoms in total. The van der Waals surface area contributed by atoms with Gasteiger partial charge in [-0.25, -0.2) is 0 Å². The number of non-ortho nitro benzene ring substituents is 1. The zero-order valence-corrected chi connectivity index (χ0v) is 8.17. The van der Waals surface area contributed by atoms with Gasteiger partial charge in [0.15, 0.2) is 0 Å². The van der Waals surface area contributed by atoms with Gasteiger partial charge in [-0.15, -0.1) is 0 Å². The second kappa shape index (κ2) is 5.87. The van der Waals surface area contributed by atoms with Crippen LogP contribution in [0.3, 0.4) is 0 Å². The molecule has 0 spiro atoms. The van der Waals surface area contributed by atoms with Crippen LogP contribution in [0.25, 0.3) is 0 Å². The van der Waals surface area contributed by atoms with Gasteiger partial charge in [0, 0.05) is 31.5 Å². The van der Waals surface area contributed by atoms with Gasteiger partial charge in [-0.1, -0.05) is 0 Å². The van der Waals surface area contributed by atoms with Crippen molar-refractivity contribution in [2.24, 2.45) is 4.99 Å². The van der Waals surface area contributed by atoms with Crippen molar-refractivity contribution in [3.63, 3.8) is 0 Å². The molecule has 0 saturated heterocycles. The molecule has 0 aliphatic rings. The zero-order valence-electron chi connectivity index (χ0n) is 8.17. The first-order chi connectivity index (χ1) is 7.24. The topological polar surface area (TPSA) is 75.7 Å². The van der Waals surface area contributed by atoms with Gasteiger partial charge in [0.2, 0.25) is 0 Å². The van der Waals surface area contributed by atoms with E-state index in [0.29, 0.717) is 13.0 Å². The molecule has 1 rings (SSSR count). The normalized spacial score (nSPS) is 10.7. The number of nitrogens with zero attached hydrogens (tertiary/aromatic N) is 2. The lowest BCUT2D eigenvalue weighted by Gasteiger charge is -1.93. The van der Waals surface area contributed by atoms with Crippen LogP contribution in [0.4, 0.5) is 5.69 Å². The summed E-state index contributed by atoms with van der Waals surface area (Å²) in [5, 5.41) is 18.9. The second-order valence-electron chi connectivity index (χ2n) is 2.96. The molecule has 0 bridgehead atoms. The molecule has 0 saturated carbocycles. The molecule has 1 aromatic carbocycles. The fraction of sp³-hybridized carbons (Fsp3) is 0.300. The standard InChI is InChI=1S/C10H12N2O3/c13-7-1-6-11-8-9-2-4-10(5-3-9)12(14)15/h2-5,8,13H,1,6-7H2. The Morgan fingerprint density at radius 1 is 1.40 bits per heavy atom. The molecule has 0 radical (unpaired) electrons. The second-order valence-corrected chi connectivity index (χ2v) is 2.96. The Bertz CT molecular complexity index is 346. The van der Waals surface area contributed by atoms with Gasteiger partial charge in [0.1, 0.15) is 0 Å². The highest BCUT2D eigenvalue weighted by molar-refractivity contribution is 5.79. The van der Waals surface area contributed by atoms with E-state index in [1.807, 2.05) is 0 Å². The molecule has 0 amide bonds. The van der Waals surface area contributed by atoms with E-state index in [4.69, 9.17) is 5.11 Å². The van der Waals surface area contributed by atoms with E-state index in [-0.39, 0.29) is 12.3 Å². The zero-order chi connectivity index (χ0) is 11.1. The third-order valence-corrected chi connectivity index (χ3v) is 1.79. The highest BCUT2D eigenvalue weighted by Gasteiger charge is 2.01. The fourth-order valence-corrected chi connectivity index (χ4v) is 1.01. The Labute approximate surface area is 87.2 Å². The van der Waals surface area contributed by atoms with Gasteiger partial charge in [-0.3, -0.25) is 15.1 Å². The highest BCUT2D eigenvalue weighted by Crippen LogP contribution is 2.10. The van der Waals surface area contributed by atoms with E-state index >= 15 is 0 Å². The Balaban J connectivity index is 2.56. The number of rotatable bonds is 5. The van der Waals surface area contributed by atoms with Crippen molar-refractivity contribution in [2.75, 3.05) is 13.2 Å². The van der Waals surface area contributed by atoms with Crippen LogP contribution in [-0.4, -0.2) is 29.4 Å². The van der Waals surface area contributed by atoms with Crippen molar-refractivity contribution in [1.29, 1.82) is 0 Å². The van der Waals surface area contributed by atoms with E-state index in [9.17, 15) is 10.1 Å². The first kappa shape index (κ1) is 11.3. The maximum Gasteiger partial charge on any atom is 0.269 e. The molecule has 1 aromatic rings. The summed E-state index contributed by atoms with van der Waals surface area (Å²) in [7, 11) is 0. The number of aliphatic imine (C=N–C) groups is 1. The molecule has 0 aromatic heterocycles. The van der Waals surface area contributed by atoms with E-state index in [2.05, 4.69) is 4.99 Å². The van der Waals surface area contributed by atoms with Crippen LogP contribution >= 0.6 is 0 Å². The summed E-state index contributed by atoms with van der Waals surface area (Å²) in [6.07, 6.45) is 2.27. The van der Waals surface area contributed by atoms with Crippen molar-refractivity contribution < 1.29 is 10.0 Å². The molecule has 1 N–H and O–H groups in total. The van der Waals surface area contributed by atoms with Gasteiger partial charge in [0.25, 0.3) is 5.69 Å². The maximum absolute atomic E-state index is 10.4. The van der Waals surface area contributed by atoms with Crippen molar-refractivity contribution in [3.05, 3.63) is 39.9 Å². The molecular weight excluding hydrogens is 196 g/mol. The maximum atomic E-state index is 10.4. The van der Waals surface area contributed by atoms with Crippen LogP contribution in [0.15, 0.2) is 29.3 Å². The SMILES string of the molecule is O=[N+]([O-])c1ccc(C=NCCCO)cc1. The number of aliphatic hydroxyl groups is 1. The lowest BCUT2D eigenvalue weighted by molar-refractivity contribution is -0.384. The number of nitro groups is 1. The Kier molecular flexibility index (Phi) is 4.43. The van der Waals surface area contributed by atoms with Gasteiger partial charge < -0.3 is 5.11 Å². The van der Waals surface area contributed by atoms with Crippen molar-refractivity contribution in [3.8, 4) is 0 Å². The molecule has 0 fully saturated rings. The van der Waals surface area contributed by atoms with Gasteiger partial charge >= 0.3 is 0 Å². The summed E-state index contributed by atoms with van der Waals surface area (Å²) < 4.78 is 0. The van der Waals surface area contributed by atoms with Crippen molar-refractivity contribution in [2.45, 2.75) is 6.42 Å². The van der Waals surface area contributed by atoms with Gasteiger partial charge in [-0.2, -0.15) is 0 Å². The molecule has 80 valence electrons. The number of hydrogen-bond donors (Lipinski definition) is 1. The van der Waals surface area contributed by atoms with Gasteiger partial charge in [-0.05, 0) is 24.1 Å². The summed E-state index contributed by atoms with van der Waals surface area (Å²) in [5.41, 5.74) is 0.890. The molecule has 15 heavy (non-hydrogen) atoms. The first-order valence-electron chi connectivity index (χ1n) is 4.59. The number of nitro benzene ring substituents is 1. The van der Waals surface area contributed by atoms with E-state index in [0.717, 1.165) is 5.56 Å². The summed E-state index contributed by atoms with van der Waals surface area (Å²) in [6, 6.07) is 6.15. The molecule has 5 heteroatoms. The van der Waals surface area contributed by atoms with Crippen LogP contribution in [0.5, 0.6) is 0 Å². The van der Waals surface area contributed by atoms with Crippen molar-refractivity contribution in [1.82, 2.24) is 0 Å². The highest BCUT2D eigenvalue weighted by atomic mass is 16.6. The van der Waals surface area contributed by atoms with E-state index in [1.165, 1.54) is 12.1 Å². The average molecular weight is 208 g/mol. The minimum Gasteiger partial charge on any atom is -0.396 e. The van der Waals surface area contributed by atoms with Crippen LogP contribution in [0.2, 0.25) is 0 Å². The third-order valence-electron chi connectivity index (χ3n) is 1.79. The summed E-state index contributed by atoms with van der Waals surface area (Å²) >= 11 is 0. The van der Waals surface area contributed by atoms with Crippen LogP contribution < -0.4 is 0 Å². The molecular formula is C10H12N2O3.